The Labute approximate surface area is 95.2 Å². The average molecular weight is 267 g/mol. The van der Waals surface area contributed by atoms with Crippen LogP contribution in [-0.4, -0.2) is 8.07 Å². The summed E-state index contributed by atoms with van der Waals surface area (Å²) in [6, 6.07) is 6.50. The lowest BCUT2D eigenvalue weighted by Gasteiger charge is -2.17. The van der Waals surface area contributed by atoms with E-state index in [4.69, 9.17) is 0 Å². The minimum Gasteiger partial charge on any atom is -0.0761 e. The maximum atomic E-state index is 3.61. The van der Waals surface area contributed by atoms with Crippen LogP contribution in [0.15, 0.2) is 27.9 Å². The van der Waals surface area contributed by atoms with Gasteiger partial charge in [0.25, 0.3) is 0 Å². The second-order valence-corrected chi connectivity index (χ2v) is 10.9. The largest absolute Gasteiger partial charge is 0.0761 e. The summed E-state index contributed by atoms with van der Waals surface area (Å²) >= 11 is 3.61. The fraction of sp³-hybridized carbons (Fsp3) is 0.333. The maximum Gasteiger partial charge on any atom is 0.0729 e. The standard InChI is InChI=1S/C12H15BrSi/c1-14(2,3)10-7-9-5-4-6-12(13)11(9)8-10/h4-6,8H,7H2,1-3H3. The SMILES string of the molecule is C[Si](C)(C)C1=Cc2c(Br)cccc2C1. The van der Waals surface area contributed by atoms with Gasteiger partial charge >= 0.3 is 0 Å². The lowest BCUT2D eigenvalue weighted by Crippen LogP contribution is -2.23. The molecule has 1 aromatic rings. The molecule has 0 bridgehead atoms. The van der Waals surface area contributed by atoms with E-state index in [0.29, 0.717) is 0 Å². The van der Waals surface area contributed by atoms with Crippen molar-refractivity contribution in [3.63, 3.8) is 0 Å². The Morgan fingerprint density at radius 2 is 1.93 bits per heavy atom. The van der Waals surface area contributed by atoms with E-state index in [1.165, 1.54) is 22.0 Å². The van der Waals surface area contributed by atoms with Crippen LogP contribution in [0.1, 0.15) is 11.1 Å². The van der Waals surface area contributed by atoms with Crippen molar-refractivity contribution in [1.29, 1.82) is 0 Å². The number of halogens is 1. The van der Waals surface area contributed by atoms with Gasteiger partial charge in [-0.3, -0.25) is 0 Å². The van der Waals surface area contributed by atoms with Crippen LogP contribution in [-0.2, 0) is 6.42 Å². The molecule has 2 rings (SSSR count). The van der Waals surface area contributed by atoms with E-state index >= 15 is 0 Å². The summed E-state index contributed by atoms with van der Waals surface area (Å²) in [6.45, 7) is 7.25. The molecule has 1 aromatic carbocycles. The number of rotatable bonds is 1. The third-order valence-corrected chi connectivity index (χ3v) is 5.75. The van der Waals surface area contributed by atoms with E-state index in [1.54, 1.807) is 5.20 Å². The summed E-state index contributed by atoms with van der Waals surface area (Å²) in [7, 11) is -1.10. The highest BCUT2D eigenvalue weighted by molar-refractivity contribution is 9.10. The Morgan fingerprint density at radius 1 is 1.21 bits per heavy atom. The zero-order valence-corrected chi connectivity index (χ0v) is 11.5. The third-order valence-electron chi connectivity index (χ3n) is 2.81. The Hall–Kier alpha value is -0.343. The molecule has 0 saturated carbocycles. The predicted octanol–water partition coefficient (Wildman–Crippen LogP) is 4.27. The molecule has 0 aromatic heterocycles. The number of hydrogen-bond acceptors (Lipinski definition) is 0. The maximum absolute atomic E-state index is 3.61. The van der Waals surface area contributed by atoms with E-state index in [0.717, 1.165) is 0 Å². The smallest absolute Gasteiger partial charge is 0.0729 e. The van der Waals surface area contributed by atoms with E-state index in [2.05, 4.69) is 59.8 Å². The van der Waals surface area contributed by atoms with Gasteiger partial charge in [-0.2, -0.15) is 0 Å². The van der Waals surface area contributed by atoms with Crippen LogP contribution in [0.4, 0.5) is 0 Å². The molecule has 0 unspecified atom stereocenters. The number of benzene rings is 1. The zero-order chi connectivity index (χ0) is 10.3. The normalized spacial score (nSPS) is 15.3. The summed E-state index contributed by atoms with van der Waals surface area (Å²) < 4.78 is 1.24. The highest BCUT2D eigenvalue weighted by atomic mass is 79.9. The highest BCUT2D eigenvalue weighted by Gasteiger charge is 2.25. The van der Waals surface area contributed by atoms with Gasteiger partial charge in [0.15, 0.2) is 0 Å². The van der Waals surface area contributed by atoms with Crippen LogP contribution in [0.3, 0.4) is 0 Å². The fourth-order valence-electron chi connectivity index (χ4n) is 1.81. The average Bonchev–Trinajstić information content (AvgIpc) is 2.48. The van der Waals surface area contributed by atoms with Gasteiger partial charge in [0, 0.05) is 4.47 Å². The lowest BCUT2D eigenvalue weighted by atomic mass is 10.1. The van der Waals surface area contributed by atoms with Crippen molar-refractivity contribution >= 4 is 30.1 Å². The monoisotopic (exact) mass is 266 g/mol. The molecule has 0 amide bonds. The molecule has 0 nitrogen and oxygen atoms in total. The Morgan fingerprint density at radius 3 is 2.50 bits per heavy atom. The van der Waals surface area contributed by atoms with Crippen LogP contribution in [0.2, 0.25) is 19.6 Å². The van der Waals surface area contributed by atoms with Crippen LogP contribution in [0, 0.1) is 0 Å². The molecule has 0 saturated heterocycles. The molecule has 0 aliphatic heterocycles. The van der Waals surface area contributed by atoms with E-state index in [1.807, 2.05) is 0 Å². The first-order valence-corrected chi connectivity index (χ1v) is 9.26. The van der Waals surface area contributed by atoms with E-state index in [-0.39, 0.29) is 0 Å². The third kappa shape index (κ3) is 1.73. The Bertz CT molecular complexity index is 399. The van der Waals surface area contributed by atoms with Gasteiger partial charge in [-0.25, -0.2) is 0 Å². The number of allylic oxidation sites excluding steroid dienone is 1. The predicted molar refractivity (Wildman–Crippen MR) is 69.2 cm³/mol. The molecule has 0 radical (unpaired) electrons. The molecule has 1 aliphatic carbocycles. The molecule has 0 fully saturated rings. The Kier molecular flexibility index (Phi) is 2.44. The second kappa shape index (κ2) is 3.35. The first-order chi connectivity index (χ1) is 6.48. The Balaban J connectivity index is 2.45. The molecule has 2 heteroatoms. The lowest BCUT2D eigenvalue weighted by molar-refractivity contribution is 1.26. The summed E-state index contributed by atoms with van der Waals surface area (Å²) in [4.78, 5) is 0. The van der Waals surface area contributed by atoms with E-state index < -0.39 is 8.07 Å². The van der Waals surface area contributed by atoms with Crippen molar-refractivity contribution in [2.75, 3.05) is 0 Å². The van der Waals surface area contributed by atoms with Crippen LogP contribution in [0.5, 0.6) is 0 Å². The van der Waals surface area contributed by atoms with Crippen molar-refractivity contribution in [3.05, 3.63) is 39.0 Å². The van der Waals surface area contributed by atoms with Gasteiger partial charge in [-0.15, -0.1) is 0 Å². The molecule has 14 heavy (non-hydrogen) atoms. The molecule has 1 aliphatic rings. The van der Waals surface area contributed by atoms with Gasteiger partial charge in [0.05, 0.1) is 8.07 Å². The van der Waals surface area contributed by atoms with Crippen LogP contribution in [0.25, 0.3) is 6.08 Å². The second-order valence-electron chi connectivity index (χ2n) is 4.91. The first-order valence-electron chi connectivity index (χ1n) is 4.97. The van der Waals surface area contributed by atoms with Crippen molar-refractivity contribution in [2.24, 2.45) is 0 Å². The highest BCUT2D eigenvalue weighted by Crippen LogP contribution is 2.34. The van der Waals surface area contributed by atoms with Crippen molar-refractivity contribution < 1.29 is 0 Å². The molecule has 0 atom stereocenters. The number of hydrogen-bond donors (Lipinski definition) is 0. The summed E-state index contributed by atoms with van der Waals surface area (Å²) in [6.07, 6.45) is 3.57. The molecular weight excluding hydrogens is 252 g/mol. The van der Waals surface area contributed by atoms with Gasteiger partial charge in [-0.05, 0) is 23.6 Å². The summed E-state index contributed by atoms with van der Waals surface area (Å²) in [5.41, 5.74) is 2.89. The fourth-order valence-corrected chi connectivity index (χ4v) is 3.63. The number of fused-ring (bicyclic) bond motifs is 1. The van der Waals surface area contributed by atoms with Crippen molar-refractivity contribution in [3.8, 4) is 0 Å². The van der Waals surface area contributed by atoms with Crippen LogP contribution >= 0.6 is 15.9 Å². The zero-order valence-electron chi connectivity index (χ0n) is 8.89. The minimum atomic E-state index is -1.10. The summed E-state index contributed by atoms with van der Waals surface area (Å²) in [5, 5.41) is 1.67. The first kappa shape index (κ1) is 10.2. The van der Waals surface area contributed by atoms with Gasteiger partial charge in [-0.1, -0.05) is 59.0 Å². The quantitative estimate of drug-likeness (QED) is 0.667. The van der Waals surface area contributed by atoms with Gasteiger partial charge < -0.3 is 0 Å². The van der Waals surface area contributed by atoms with Crippen molar-refractivity contribution in [2.45, 2.75) is 26.1 Å². The molecule has 0 heterocycles. The minimum absolute atomic E-state index is 1.10. The molecule has 74 valence electrons. The van der Waals surface area contributed by atoms with E-state index in [9.17, 15) is 0 Å². The summed E-state index contributed by atoms with van der Waals surface area (Å²) in [5.74, 6) is 0. The topological polar surface area (TPSA) is 0 Å². The molecular formula is C12H15BrSi. The molecule has 0 N–H and O–H groups in total. The van der Waals surface area contributed by atoms with Gasteiger partial charge in [0.1, 0.15) is 0 Å². The molecule has 0 spiro atoms. The van der Waals surface area contributed by atoms with Crippen molar-refractivity contribution in [1.82, 2.24) is 0 Å². The van der Waals surface area contributed by atoms with Crippen LogP contribution < -0.4 is 0 Å². The van der Waals surface area contributed by atoms with Gasteiger partial charge in [0.2, 0.25) is 0 Å².